The van der Waals surface area contributed by atoms with Crippen molar-refractivity contribution in [2.75, 3.05) is 52.9 Å². The quantitative estimate of drug-likeness (QED) is 0.0879. The summed E-state index contributed by atoms with van der Waals surface area (Å²) in [4.78, 5) is 66.9. The SMILES string of the molecule is O=C(COCCOC(=O)c1ccc([N+](=O)[O-])cc1)OCCOC(=O)COCCOC(=O)c1ccc([N+](=O)[O-])cc1. The molecule has 0 aromatic heterocycles. The minimum Gasteiger partial charge on any atom is -0.460 e. The van der Waals surface area contributed by atoms with Gasteiger partial charge in [-0.3, -0.25) is 20.2 Å². The fourth-order valence-electron chi connectivity index (χ4n) is 2.70. The highest BCUT2D eigenvalue weighted by Crippen LogP contribution is 2.13. The Morgan fingerprint density at radius 2 is 0.850 bits per heavy atom. The number of nitrogens with zero attached hydrogens (tertiary/aromatic N) is 2. The number of carbonyl (C=O) groups is 4. The molecule has 2 aromatic carbocycles. The van der Waals surface area contributed by atoms with Crippen LogP contribution in [0.5, 0.6) is 0 Å². The third-order valence-corrected chi connectivity index (χ3v) is 4.60. The van der Waals surface area contributed by atoms with Gasteiger partial charge in [0.1, 0.15) is 39.6 Å². The number of hydrogen-bond acceptors (Lipinski definition) is 14. The van der Waals surface area contributed by atoms with E-state index in [1.54, 1.807) is 0 Å². The molecule has 2 aromatic rings. The van der Waals surface area contributed by atoms with E-state index in [1.165, 1.54) is 48.5 Å². The Bertz CT molecular complexity index is 1090. The molecule has 0 bridgehead atoms. The zero-order valence-electron chi connectivity index (χ0n) is 20.9. The molecule has 0 fully saturated rings. The van der Waals surface area contributed by atoms with E-state index >= 15 is 0 Å². The lowest BCUT2D eigenvalue weighted by molar-refractivity contribution is -0.385. The molecule has 0 atom stereocenters. The zero-order chi connectivity index (χ0) is 29.3. The van der Waals surface area contributed by atoms with Crippen molar-refractivity contribution in [2.45, 2.75) is 0 Å². The molecule has 0 saturated heterocycles. The van der Waals surface area contributed by atoms with Gasteiger partial charge in [-0.25, -0.2) is 19.2 Å². The Balaban J connectivity index is 1.44. The Morgan fingerprint density at radius 3 is 1.18 bits per heavy atom. The lowest BCUT2D eigenvalue weighted by Gasteiger charge is -2.08. The van der Waals surface area contributed by atoms with Crippen molar-refractivity contribution in [1.82, 2.24) is 0 Å². The van der Waals surface area contributed by atoms with Crippen LogP contribution in [0, 0.1) is 20.2 Å². The first-order valence-corrected chi connectivity index (χ1v) is 11.5. The summed E-state index contributed by atoms with van der Waals surface area (Å²) in [5.74, 6) is -2.92. The van der Waals surface area contributed by atoms with Gasteiger partial charge in [0.15, 0.2) is 0 Å². The second kappa shape index (κ2) is 16.8. The Kier molecular flexibility index (Phi) is 13.1. The summed E-state index contributed by atoms with van der Waals surface area (Å²) in [5.41, 5.74) is -0.0946. The maximum atomic E-state index is 11.8. The predicted molar refractivity (Wildman–Crippen MR) is 130 cm³/mol. The van der Waals surface area contributed by atoms with Gasteiger partial charge in [-0.2, -0.15) is 0 Å². The monoisotopic (exact) mass is 564 g/mol. The minimum atomic E-state index is -0.746. The highest BCUT2D eigenvalue weighted by atomic mass is 16.6. The van der Waals surface area contributed by atoms with Crippen LogP contribution in [0.2, 0.25) is 0 Å². The van der Waals surface area contributed by atoms with E-state index in [0.717, 1.165) is 0 Å². The van der Waals surface area contributed by atoms with Gasteiger partial charge in [0, 0.05) is 24.3 Å². The molecule has 16 heteroatoms. The molecule has 214 valence electrons. The summed E-state index contributed by atoms with van der Waals surface area (Å²) in [7, 11) is 0. The molecule has 2 rings (SSSR count). The molecule has 16 nitrogen and oxygen atoms in total. The molecule has 0 heterocycles. The summed E-state index contributed by atoms with van der Waals surface area (Å²) in [6, 6.07) is 9.67. The van der Waals surface area contributed by atoms with Gasteiger partial charge in [-0.05, 0) is 24.3 Å². The van der Waals surface area contributed by atoms with Crippen molar-refractivity contribution in [3.05, 3.63) is 79.9 Å². The van der Waals surface area contributed by atoms with Crippen molar-refractivity contribution < 1.29 is 57.4 Å². The minimum absolute atomic E-state index is 0.108. The first-order chi connectivity index (χ1) is 19.2. The third kappa shape index (κ3) is 11.6. The maximum absolute atomic E-state index is 11.8. The largest absolute Gasteiger partial charge is 0.460 e. The molecule has 0 radical (unpaired) electrons. The van der Waals surface area contributed by atoms with Crippen LogP contribution in [0.1, 0.15) is 20.7 Å². The Morgan fingerprint density at radius 1 is 0.525 bits per heavy atom. The van der Waals surface area contributed by atoms with E-state index in [4.69, 9.17) is 28.4 Å². The predicted octanol–water partition coefficient (Wildman–Crippen LogP) is 1.64. The number of non-ortho nitro benzene ring substituents is 2. The molecule has 0 aliphatic rings. The highest BCUT2D eigenvalue weighted by Gasteiger charge is 2.12. The maximum Gasteiger partial charge on any atom is 0.338 e. The fourth-order valence-corrected chi connectivity index (χ4v) is 2.70. The van der Waals surface area contributed by atoms with Gasteiger partial charge in [-0.1, -0.05) is 0 Å². The van der Waals surface area contributed by atoms with Crippen molar-refractivity contribution in [1.29, 1.82) is 0 Å². The Labute approximate surface area is 226 Å². The number of rotatable bonds is 17. The molecule has 0 aliphatic carbocycles. The third-order valence-electron chi connectivity index (χ3n) is 4.60. The van der Waals surface area contributed by atoms with E-state index in [2.05, 4.69) is 0 Å². The molecule has 40 heavy (non-hydrogen) atoms. The van der Waals surface area contributed by atoms with Crippen LogP contribution in [-0.4, -0.2) is 86.6 Å². The van der Waals surface area contributed by atoms with E-state index in [9.17, 15) is 39.4 Å². The average molecular weight is 564 g/mol. The van der Waals surface area contributed by atoms with Crippen LogP contribution in [0.15, 0.2) is 48.5 Å². The van der Waals surface area contributed by atoms with Crippen molar-refractivity contribution in [3.8, 4) is 0 Å². The smallest absolute Gasteiger partial charge is 0.338 e. The van der Waals surface area contributed by atoms with Crippen molar-refractivity contribution in [3.63, 3.8) is 0 Å². The normalized spacial score (nSPS) is 10.3. The number of nitro groups is 2. The van der Waals surface area contributed by atoms with Crippen LogP contribution in [0.3, 0.4) is 0 Å². The first kappa shape index (κ1) is 31.3. The van der Waals surface area contributed by atoms with Crippen LogP contribution in [-0.2, 0) is 38.0 Å². The zero-order valence-corrected chi connectivity index (χ0v) is 20.9. The highest BCUT2D eigenvalue weighted by molar-refractivity contribution is 5.90. The number of benzene rings is 2. The second-order valence-corrected chi connectivity index (χ2v) is 7.43. The number of hydrogen-bond donors (Lipinski definition) is 0. The average Bonchev–Trinajstić information content (AvgIpc) is 2.94. The van der Waals surface area contributed by atoms with Gasteiger partial charge in [0.2, 0.25) is 0 Å². The summed E-state index contributed by atoms with van der Waals surface area (Å²) in [6.07, 6.45) is 0. The first-order valence-electron chi connectivity index (χ1n) is 11.5. The Hall–Kier alpha value is -4.96. The van der Waals surface area contributed by atoms with Gasteiger partial charge in [-0.15, -0.1) is 0 Å². The lowest BCUT2D eigenvalue weighted by atomic mass is 10.2. The van der Waals surface area contributed by atoms with E-state index in [-0.39, 0.29) is 62.1 Å². The number of esters is 4. The number of carbonyl (C=O) groups excluding carboxylic acids is 4. The van der Waals surface area contributed by atoms with E-state index in [0.29, 0.717) is 0 Å². The van der Waals surface area contributed by atoms with E-state index in [1.807, 2.05) is 0 Å². The number of nitro benzene ring substituents is 2. The number of ether oxygens (including phenoxy) is 6. The summed E-state index contributed by atoms with van der Waals surface area (Å²) >= 11 is 0. The molecular weight excluding hydrogens is 540 g/mol. The van der Waals surface area contributed by atoms with Crippen LogP contribution in [0.25, 0.3) is 0 Å². The van der Waals surface area contributed by atoms with Crippen LogP contribution in [0.4, 0.5) is 11.4 Å². The molecule has 0 unspecified atom stereocenters. The fraction of sp³-hybridized carbons (Fsp3) is 0.333. The molecule has 0 aliphatic heterocycles. The summed E-state index contributed by atoms with van der Waals surface area (Å²) in [6.45, 7) is -1.91. The van der Waals surface area contributed by atoms with Crippen LogP contribution >= 0.6 is 0 Å². The topological polar surface area (TPSA) is 210 Å². The molecule has 0 spiro atoms. The van der Waals surface area contributed by atoms with Crippen LogP contribution < -0.4 is 0 Å². The van der Waals surface area contributed by atoms with Gasteiger partial charge in [0.05, 0.1) is 34.2 Å². The van der Waals surface area contributed by atoms with Crippen molar-refractivity contribution in [2.24, 2.45) is 0 Å². The second-order valence-electron chi connectivity index (χ2n) is 7.43. The van der Waals surface area contributed by atoms with Crippen molar-refractivity contribution >= 4 is 35.3 Å². The summed E-state index contributed by atoms with van der Waals surface area (Å²) in [5, 5.41) is 21.2. The molecular formula is C24H24N2O14. The van der Waals surface area contributed by atoms with Gasteiger partial charge >= 0.3 is 23.9 Å². The lowest BCUT2D eigenvalue weighted by Crippen LogP contribution is -2.21. The standard InChI is InChI=1S/C24H24N2O14/c27-21(15-35-9-11-39-23(29)17-1-5-19(6-2-17)25(31)32)37-13-14-38-22(28)16-36-10-12-40-24(30)18-3-7-20(8-4-18)26(33)34/h1-8H,9-16H2. The van der Waals surface area contributed by atoms with Gasteiger partial charge < -0.3 is 28.4 Å². The summed E-state index contributed by atoms with van der Waals surface area (Å²) < 4.78 is 29.5. The van der Waals surface area contributed by atoms with Gasteiger partial charge in [0.25, 0.3) is 11.4 Å². The van der Waals surface area contributed by atoms with E-state index < -0.39 is 46.9 Å². The molecule has 0 N–H and O–H groups in total. The molecule has 0 amide bonds. The molecule has 0 saturated carbocycles.